The second kappa shape index (κ2) is 5.28. The number of rotatable bonds is 2. The molecule has 2 N–H and O–H groups in total. The lowest BCUT2D eigenvalue weighted by Gasteiger charge is -2.07. The van der Waals surface area contributed by atoms with E-state index in [-0.39, 0.29) is 5.78 Å². The van der Waals surface area contributed by atoms with E-state index >= 15 is 0 Å². The van der Waals surface area contributed by atoms with Crippen LogP contribution in [0.15, 0.2) is 36.4 Å². The van der Waals surface area contributed by atoms with Gasteiger partial charge in [-0.25, -0.2) is 0 Å². The van der Waals surface area contributed by atoms with Gasteiger partial charge in [0, 0.05) is 20.4 Å². The second-order valence-electron chi connectivity index (χ2n) is 4.03. The highest BCUT2D eigenvalue weighted by molar-refractivity contribution is 14.1. The largest absolute Gasteiger partial charge is 0.399 e. The summed E-state index contributed by atoms with van der Waals surface area (Å²) in [4.78, 5) is 12.3. The van der Waals surface area contributed by atoms with Crippen molar-refractivity contribution in [1.29, 1.82) is 0 Å². The summed E-state index contributed by atoms with van der Waals surface area (Å²) in [6.45, 7) is 1.87. The van der Waals surface area contributed by atoms with E-state index in [1.54, 1.807) is 30.3 Å². The Morgan fingerprint density at radius 2 is 1.94 bits per heavy atom. The molecular formula is C14H11ClINO. The normalized spacial score (nSPS) is 10.4. The molecule has 18 heavy (non-hydrogen) atoms. The van der Waals surface area contributed by atoms with Crippen LogP contribution in [0.25, 0.3) is 0 Å². The number of carbonyl (C=O) groups is 1. The zero-order valence-corrected chi connectivity index (χ0v) is 12.6. The van der Waals surface area contributed by atoms with Crippen LogP contribution in [-0.4, -0.2) is 5.78 Å². The molecule has 0 aliphatic heterocycles. The van der Waals surface area contributed by atoms with Crippen LogP contribution in [0.3, 0.4) is 0 Å². The zero-order chi connectivity index (χ0) is 13.3. The smallest absolute Gasteiger partial charge is 0.193 e. The molecule has 0 bridgehead atoms. The Kier molecular flexibility index (Phi) is 3.92. The fourth-order valence-corrected chi connectivity index (χ4v) is 2.25. The molecule has 0 unspecified atom stereocenters. The maximum Gasteiger partial charge on any atom is 0.193 e. The Balaban J connectivity index is 2.44. The Labute approximate surface area is 124 Å². The molecule has 0 aliphatic rings. The molecule has 0 fully saturated rings. The summed E-state index contributed by atoms with van der Waals surface area (Å²) in [6.07, 6.45) is 0. The summed E-state index contributed by atoms with van der Waals surface area (Å²) in [5.41, 5.74) is 8.45. The first-order valence-electron chi connectivity index (χ1n) is 5.35. The van der Waals surface area contributed by atoms with Crippen LogP contribution in [0.1, 0.15) is 21.5 Å². The standard InChI is InChI=1S/C14H11ClINO/c1-8-6-10(17)3-4-11(8)14(18)9-2-5-13(16)12(15)7-9/h2-7H,17H2,1H3. The van der Waals surface area contributed by atoms with Crippen molar-refractivity contribution in [2.45, 2.75) is 6.92 Å². The number of nitrogen functional groups attached to an aromatic ring is 1. The van der Waals surface area contributed by atoms with Crippen LogP contribution in [0, 0.1) is 10.5 Å². The van der Waals surface area contributed by atoms with Crippen LogP contribution >= 0.6 is 34.2 Å². The topological polar surface area (TPSA) is 43.1 Å². The molecule has 0 radical (unpaired) electrons. The fraction of sp³-hybridized carbons (Fsp3) is 0.0714. The van der Waals surface area contributed by atoms with Crippen LogP contribution < -0.4 is 5.73 Å². The average Bonchev–Trinajstić information content (AvgIpc) is 2.32. The number of hydrogen-bond acceptors (Lipinski definition) is 2. The van der Waals surface area contributed by atoms with Gasteiger partial charge in [0.25, 0.3) is 0 Å². The van der Waals surface area contributed by atoms with Crippen molar-refractivity contribution < 1.29 is 4.79 Å². The molecule has 0 aliphatic carbocycles. The number of aryl methyl sites for hydroxylation is 1. The Bertz CT molecular complexity index is 625. The highest BCUT2D eigenvalue weighted by Gasteiger charge is 2.13. The summed E-state index contributed by atoms with van der Waals surface area (Å²) in [7, 11) is 0. The Hall–Kier alpha value is -1.07. The van der Waals surface area contributed by atoms with Gasteiger partial charge in [-0.15, -0.1) is 0 Å². The van der Waals surface area contributed by atoms with E-state index in [9.17, 15) is 4.79 Å². The van der Waals surface area contributed by atoms with Crippen molar-refractivity contribution in [3.8, 4) is 0 Å². The van der Waals surface area contributed by atoms with Gasteiger partial charge in [0.15, 0.2) is 5.78 Å². The number of ketones is 1. The first-order valence-corrected chi connectivity index (χ1v) is 6.80. The minimum absolute atomic E-state index is 0.0363. The molecule has 92 valence electrons. The maximum atomic E-state index is 12.3. The van der Waals surface area contributed by atoms with Gasteiger partial charge in [-0.1, -0.05) is 11.6 Å². The number of halogens is 2. The first-order chi connectivity index (χ1) is 8.49. The number of anilines is 1. The number of nitrogens with two attached hydrogens (primary N) is 1. The van der Waals surface area contributed by atoms with Crippen molar-refractivity contribution in [1.82, 2.24) is 0 Å². The van der Waals surface area contributed by atoms with Crippen molar-refractivity contribution in [3.05, 3.63) is 61.7 Å². The van der Waals surface area contributed by atoms with Gasteiger partial charge in [0.05, 0.1) is 5.02 Å². The lowest BCUT2D eigenvalue weighted by atomic mass is 9.99. The predicted octanol–water partition coefficient (Wildman–Crippen LogP) is 4.07. The average molecular weight is 372 g/mol. The SMILES string of the molecule is Cc1cc(N)ccc1C(=O)c1ccc(I)c(Cl)c1. The predicted molar refractivity (Wildman–Crippen MR) is 83.2 cm³/mol. The van der Waals surface area contributed by atoms with Crippen molar-refractivity contribution in [3.63, 3.8) is 0 Å². The van der Waals surface area contributed by atoms with Crippen molar-refractivity contribution >= 4 is 45.7 Å². The van der Waals surface area contributed by atoms with Crippen molar-refractivity contribution in [2.24, 2.45) is 0 Å². The van der Waals surface area contributed by atoms with E-state index in [4.69, 9.17) is 17.3 Å². The first kappa shape index (κ1) is 13.4. The van der Waals surface area contributed by atoms with E-state index < -0.39 is 0 Å². The minimum atomic E-state index is -0.0363. The lowest BCUT2D eigenvalue weighted by molar-refractivity contribution is 0.103. The molecule has 2 nitrogen and oxygen atoms in total. The molecule has 0 saturated carbocycles. The molecule has 2 aromatic carbocycles. The Morgan fingerprint density at radius 1 is 1.22 bits per heavy atom. The molecule has 0 aromatic heterocycles. The van der Waals surface area contributed by atoms with Gasteiger partial charge in [-0.3, -0.25) is 4.79 Å². The molecule has 4 heteroatoms. The molecule has 2 rings (SSSR count). The quantitative estimate of drug-likeness (QED) is 0.491. The molecule has 0 heterocycles. The molecule has 0 spiro atoms. The highest BCUT2D eigenvalue weighted by atomic mass is 127. The van der Waals surface area contributed by atoms with Gasteiger partial charge >= 0.3 is 0 Å². The van der Waals surface area contributed by atoms with Crippen LogP contribution in [-0.2, 0) is 0 Å². The molecule has 0 saturated heterocycles. The van der Waals surface area contributed by atoms with E-state index in [1.165, 1.54) is 0 Å². The van der Waals surface area contributed by atoms with Gasteiger partial charge in [-0.05, 0) is 71.5 Å². The van der Waals surface area contributed by atoms with Gasteiger partial charge in [0.2, 0.25) is 0 Å². The summed E-state index contributed by atoms with van der Waals surface area (Å²) >= 11 is 8.16. The highest BCUT2D eigenvalue weighted by Crippen LogP contribution is 2.23. The number of carbonyl (C=O) groups excluding carboxylic acids is 1. The zero-order valence-electron chi connectivity index (χ0n) is 9.71. The summed E-state index contributed by atoms with van der Waals surface area (Å²) in [5.74, 6) is -0.0363. The lowest BCUT2D eigenvalue weighted by Crippen LogP contribution is -2.04. The van der Waals surface area contributed by atoms with E-state index in [0.29, 0.717) is 21.8 Å². The van der Waals surface area contributed by atoms with Gasteiger partial charge in [0.1, 0.15) is 0 Å². The molecule has 2 aromatic rings. The van der Waals surface area contributed by atoms with E-state index in [2.05, 4.69) is 22.6 Å². The van der Waals surface area contributed by atoms with Crippen LogP contribution in [0.2, 0.25) is 5.02 Å². The number of benzene rings is 2. The molecular weight excluding hydrogens is 361 g/mol. The molecule has 0 atom stereocenters. The third-order valence-electron chi connectivity index (χ3n) is 2.68. The van der Waals surface area contributed by atoms with Crippen molar-refractivity contribution in [2.75, 3.05) is 5.73 Å². The fourth-order valence-electron chi connectivity index (χ4n) is 1.73. The van der Waals surface area contributed by atoms with E-state index in [1.807, 2.05) is 13.0 Å². The summed E-state index contributed by atoms with van der Waals surface area (Å²) < 4.78 is 0.930. The van der Waals surface area contributed by atoms with Crippen LogP contribution in [0.5, 0.6) is 0 Å². The maximum absolute atomic E-state index is 12.3. The third-order valence-corrected chi connectivity index (χ3v) is 4.25. The van der Waals surface area contributed by atoms with Gasteiger partial charge < -0.3 is 5.73 Å². The van der Waals surface area contributed by atoms with E-state index in [0.717, 1.165) is 9.13 Å². The Morgan fingerprint density at radius 3 is 2.56 bits per heavy atom. The minimum Gasteiger partial charge on any atom is -0.399 e. The molecule has 0 amide bonds. The van der Waals surface area contributed by atoms with Crippen LogP contribution in [0.4, 0.5) is 5.69 Å². The summed E-state index contributed by atoms with van der Waals surface area (Å²) in [6, 6.07) is 10.6. The van der Waals surface area contributed by atoms with Gasteiger partial charge in [-0.2, -0.15) is 0 Å². The third kappa shape index (κ3) is 2.67. The monoisotopic (exact) mass is 371 g/mol. The second-order valence-corrected chi connectivity index (χ2v) is 5.60. The summed E-state index contributed by atoms with van der Waals surface area (Å²) in [5, 5.41) is 0.592. The number of hydrogen-bond donors (Lipinski definition) is 1.